The summed E-state index contributed by atoms with van der Waals surface area (Å²) in [6.45, 7) is 3.95. The minimum atomic E-state index is -4.16. The predicted octanol–water partition coefficient (Wildman–Crippen LogP) is 0.140. The number of hydrogen-bond donors (Lipinski definition) is 3. The van der Waals surface area contributed by atoms with Crippen LogP contribution in [0.15, 0.2) is 17.0 Å². The summed E-state index contributed by atoms with van der Waals surface area (Å²) in [5.74, 6) is -1.68. The molecule has 0 aliphatic carbocycles. The lowest BCUT2D eigenvalue weighted by molar-refractivity contribution is -0.120. The summed E-state index contributed by atoms with van der Waals surface area (Å²) < 4.78 is 41.6. The standard InChI is InChI=1S/C14H22FN3O4S/c1-3-4-17-5-6-18-13(19)9-10-7-11(15)14(22-2)12(8-10)23(16,20)21/h7-8,17H,3-6,9H2,1-2H3,(H,18,19)(H2,16,20,21). The van der Waals surface area contributed by atoms with E-state index in [2.05, 4.69) is 10.6 Å². The first-order valence-electron chi connectivity index (χ1n) is 7.16. The SMILES string of the molecule is CCCNCCNC(=O)Cc1cc(F)c(OC)c(S(N)(=O)=O)c1. The minimum absolute atomic E-state index is 0.156. The van der Waals surface area contributed by atoms with E-state index in [4.69, 9.17) is 9.88 Å². The van der Waals surface area contributed by atoms with Gasteiger partial charge in [0.2, 0.25) is 15.9 Å². The number of benzene rings is 1. The van der Waals surface area contributed by atoms with Crippen LogP contribution in [0.4, 0.5) is 4.39 Å². The Morgan fingerprint density at radius 1 is 1.30 bits per heavy atom. The zero-order chi connectivity index (χ0) is 17.5. The molecule has 23 heavy (non-hydrogen) atoms. The van der Waals surface area contributed by atoms with Crippen molar-refractivity contribution in [3.63, 3.8) is 0 Å². The lowest BCUT2D eigenvalue weighted by Gasteiger charge is -2.11. The van der Waals surface area contributed by atoms with Crippen LogP contribution in [0.3, 0.4) is 0 Å². The fourth-order valence-corrected chi connectivity index (χ4v) is 2.73. The molecule has 0 bridgehead atoms. The highest BCUT2D eigenvalue weighted by Gasteiger charge is 2.21. The summed E-state index contributed by atoms with van der Waals surface area (Å²) in [7, 11) is -3.02. The van der Waals surface area contributed by atoms with E-state index >= 15 is 0 Å². The van der Waals surface area contributed by atoms with Crippen LogP contribution in [-0.2, 0) is 21.2 Å². The van der Waals surface area contributed by atoms with E-state index < -0.39 is 26.5 Å². The number of carbonyl (C=O) groups is 1. The molecule has 0 atom stereocenters. The lowest BCUT2D eigenvalue weighted by Crippen LogP contribution is -2.33. The summed E-state index contributed by atoms with van der Waals surface area (Å²) in [5, 5.41) is 10.8. The fraction of sp³-hybridized carbons (Fsp3) is 0.500. The molecule has 0 aliphatic rings. The Morgan fingerprint density at radius 2 is 2.00 bits per heavy atom. The topological polar surface area (TPSA) is 111 Å². The van der Waals surface area contributed by atoms with Crippen LogP contribution in [0.25, 0.3) is 0 Å². The molecule has 9 heteroatoms. The first-order chi connectivity index (χ1) is 10.8. The van der Waals surface area contributed by atoms with E-state index in [0.717, 1.165) is 32.2 Å². The van der Waals surface area contributed by atoms with Gasteiger partial charge in [-0.15, -0.1) is 0 Å². The van der Waals surface area contributed by atoms with Crippen molar-refractivity contribution in [3.05, 3.63) is 23.5 Å². The maximum absolute atomic E-state index is 13.9. The number of halogens is 1. The third kappa shape index (κ3) is 6.12. The van der Waals surface area contributed by atoms with Crippen LogP contribution >= 0.6 is 0 Å². The average molecular weight is 347 g/mol. The van der Waals surface area contributed by atoms with Crippen molar-refractivity contribution < 1.29 is 22.3 Å². The molecule has 1 aromatic rings. The van der Waals surface area contributed by atoms with Crippen LogP contribution in [0.1, 0.15) is 18.9 Å². The fourth-order valence-electron chi connectivity index (χ4n) is 1.97. The zero-order valence-electron chi connectivity index (χ0n) is 13.2. The number of primary sulfonamides is 1. The Kier molecular flexibility index (Phi) is 7.40. The molecule has 4 N–H and O–H groups in total. The number of nitrogens with one attached hydrogen (secondary N) is 2. The number of rotatable bonds is 9. The normalized spacial score (nSPS) is 11.3. The first-order valence-corrected chi connectivity index (χ1v) is 8.70. The molecular weight excluding hydrogens is 325 g/mol. The molecule has 0 heterocycles. The molecule has 0 radical (unpaired) electrons. The summed E-state index contributed by atoms with van der Waals surface area (Å²) in [6, 6.07) is 2.20. The monoisotopic (exact) mass is 347 g/mol. The number of sulfonamides is 1. The highest BCUT2D eigenvalue weighted by Crippen LogP contribution is 2.27. The second-order valence-electron chi connectivity index (χ2n) is 4.93. The van der Waals surface area contributed by atoms with Gasteiger partial charge in [0.15, 0.2) is 11.6 Å². The van der Waals surface area contributed by atoms with Crippen LogP contribution in [-0.4, -0.2) is 41.1 Å². The van der Waals surface area contributed by atoms with Gasteiger partial charge in [-0.05, 0) is 30.7 Å². The van der Waals surface area contributed by atoms with Crippen molar-refractivity contribution in [2.24, 2.45) is 5.14 Å². The van der Waals surface area contributed by atoms with Crippen LogP contribution in [0.2, 0.25) is 0 Å². The van der Waals surface area contributed by atoms with Gasteiger partial charge in [-0.1, -0.05) is 6.92 Å². The maximum atomic E-state index is 13.9. The Bertz CT molecular complexity index is 650. The summed E-state index contributed by atoms with van der Waals surface area (Å²) in [5.41, 5.74) is 0.200. The molecule has 0 saturated carbocycles. The molecule has 0 aromatic heterocycles. The van der Waals surface area contributed by atoms with Gasteiger partial charge >= 0.3 is 0 Å². The summed E-state index contributed by atoms with van der Waals surface area (Å²) in [4.78, 5) is 11.3. The Hall–Kier alpha value is -1.71. The molecule has 0 saturated heterocycles. The van der Waals surface area contributed by atoms with Crippen LogP contribution in [0, 0.1) is 5.82 Å². The molecule has 0 fully saturated rings. The minimum Gasteiger partial charge on any atom is -0.492 e. The van der Waals surface area contributed by atoms with Gasteiger partial charge in [-0.2, -0.15) is 0 Å². The quantitative estimate of drug-likeness (QED) is 0.550. The summed E-state index contributed by atoms with van der Waals surface area (Å²) in [6.07, 6.45) is 0.840. The zero-order valence-corrected chi connectivity index (χ0v) is 14.0. The third-order valence-electron chi connectivity index (χ3n) is 3.00. The van der Waals surface area contributed by atoms with Gasteiger partial charge in [-0.25, -0.2) is 17.9 Å². The number of carbonyl (C=O) groups excluding carboxylic acids is 1. The van der Waals surface area contributed by atoms with Gasteiger partial charge in [0.25, 0.3) is 0 Å². The van der Waals surface area contributed by atoms with E-state index in [9.17, 15) is 17.6 Å². The van der Waals surface area contributed by atoms with E-state index in [1.165, 1.54) is 0 Å². The van der Waals surface area contributed by atoms with Gasteiger partial charge in [0.05, 0.1) is 13.5 Å². The number of ether oxygens (including phenoxy) is 1. The molecule has 1 amide bonds. The Labute approximate surface area is 135 Å². The van der Waals surface area contributed by atoms with Crippen molar-refractivity contribution in [2.75, 3.05) is 26.7 Å². The van der Waals surface area contributed by atoms with E-state index in [-0.39, 0.29) is 17.9 Å². The predicted molar refractivity (Wildman–Crippen MR) is 84.2 cm³/mol. The molecule has 1 aromatic carbocycles. The van der Waals surface area contributed by atoms with Crippen molar-refractivity contribution >= 4 is 15.9 Å². The second-order valence-corrected chi connectivity index (χ2v) is 6.46. The highest BCUT2D eigenvalue weighted by atomic mass is 32.2. The Balaban J connectivity index is 2.78. The lowest BCUT2D eigenvalue weighted by atomic mass is 10.1. The molecule has 130 valence electrons. The van der Waals surface area contributed by atoms with Gasteiger partial charge in [0.1, 0.15) is 4.90 Å². The maximum Gasteiger partial charge on any atom is 0.241 e. The number of nitrogens with two attached hydrogens (primary N) is 1. The first kappa shape index (κ1) is 19.3. The largest absolute Gasteiger partial charge is 0.492 e. The Morgan fingerprint density at radius 3 is 2.57 bits per heavy atom. The third-order valence-corrected chi connectivity index (χ3v) is 3.91. The molecule has 7 nitrogen and oxygen atoms in total. The van der Waals surface area contributed by atoms with E-state index in [1.54, 1.807) is 0 Å². The number of amides is 1. The smallest absolute Gasteiger partial charge is 0.241 e. The molecule has 0 unspecified atom stereocenters. The van der Waals surface area contributed by atoms with Crippen molar-refractivity contribution in [1.29, 1.82) is 0 Å². The summed E-state index contributed by atoms with van der Waals surface area (Å²) >= 11 is 0. The van der Waals surface area contributed by atoms with Crippen LogP contribution in [0.5, 0.6) is 5.75 Å². The van der Waals surface area contributed by atoms with Crippen molar-refractivity contribution in [3.8, 4) is 5.75 Å². The number of methoxy groups -OCH3 is 1. The van der Waals surface area contributed by atoms with Gasteiger partial charge in [0, 0.05) is 13.1 Å². The van der Waals surface area contributed by atoms with Crippen LogP contribution < -0.4 is 20.5 Å². The molecule has 0 spiro atoms. The number of hydrogen-bond acceptors (Lipinski definition) is 5. The van der Waals surface area contributed by atoms with E-state index in [0.29, 0.717) is 13.1 Å². The van der Waals surface area contributed by atoms with Gasteiger partial charge in [-0.3, -0.25) is 4.79 Å². The van der Waals surface area contributed by atoms with E-state index in [1.807, 2.05) is 6.92 Å². The molecular formula is C14H22FN3O4S. The highest BCUT2D eigenvalue weighted by molar-refractivity contribution is 7.89. The second kappa shape index (κ2) is 8.80. The molecule has 1 rings (SSSR count). The molecule has 0 aliphatic heterocycles. The van der Waals surface area contributed by atoms with Crippen molar-refractivity contribution in [1.82, 2.24) is 10.6 Å². The van der Waals surface area contributed by atoms with Gasteiger partial charge < -0.3 is 15.4 Å². The average Bonchev–Trinajstić information content (AvgIpc) is 2.45. The van der Waals surface area contributed by atoms with Crippen molar-refractivity contribution in [2.45, 2.75) is 24.7 Å².